The van der Waals surface area contributed by atoms with Crippen molar-refractivity contribution in [3.8, 4) is 5.75 Å². The van der Waals surface area contributed by atoms with E-state index in [1.807, 2.05) is 18.2 Å². The molecule has 4 N–H and O–H groups in total. The third-order valence-electron chi connectivity index (χ3n) is 14.9. The van der Waals surface area contributed by atoms with Crippen molar-refractivity contribution in [3.63, 3.8) is 0 Å². The molecule has 2 saturated heterocycles. The Kier molecular flexibility index (Phi) is 24.2. The van der Waals surface area contributed by atoms with Gasteiger partial charge in [0, 0.05) is 67.6 Å². The Bertz CT molecular complexity index is 3350. The maximum absolute atomic E-state index is 14.0. The number of rotatable bonds is 26. The van der Waals surface area contributed by atoms with E-state index in [0.717, 1.165) is 33.5 Å². The number of benzene rings is 5. The number of carbonyl (C=O) groups is 8. The highest BCUT2D eigenvalue weighted by atomic mass is 35.5. The van der Waals surface area contributed by atoms with Gasteiger partial charge in [-0.1, -0.05) is 83.9 Å². The summed E-state index contributed by atoms with van der Waals surface area (Å²) in [5.74, 6) is -4.47. The van der Waals surface area contributed by atoms with Crippen molar-refractivity contribution in [2.75, 3.05) is 72.6 Å². The van der Waals surface area contributed by atoms with Crippen LogP contribution < -0.4 is 16.2 Å². The van der Waals surface area contributed by atoms with Crippen LogP contribution in [0.1, 0.15) is 46.4 Å². The van der Waals surface area contributed by atoms with Gasteiger partial charge in [-0.3, -0.25) is 43.3 Å². The lowest BCUT2D eigenvalue weighted by Crippen LogP contribution is -2.61. The fraction of sp³-hybridized carbons (Fsp3) is 0.328. The van der Waals surface area contributed by atoms with E-state index < -0.39 is 53.3 Å². The molecule has 0 bridgehead atoms. The fourth-order valence-electron chi connectivity index (χ4n) is 10.1. The summed E-state index contributed by atoms with van der Waals surface area (Å²) in [4.78, 5) is 118. The van der Waals surface area contributed by atoms with Crippen LogP contribution in [0.15, 0.2) is 140 Å². The van der Waals surface area contributed by atoms with Gasteiger partial charge in [0.1, 0.15) is 35.3 Å². The smallest absolute Gasteiger partial charge is 0.246 e. The number of nitrogens with two attached hydrogens (primary N) is 2. The van der Waals surface area contributed by atoms with Gasteiger partial charge < -0.3 is 45.6 Å². The molecule has 2 aliphatic heterocycles. The van der Waals surface area contributed by atoms with Gasteiger partial charge >= 0.3 is 0 Å². The molecule has 18 nitrogen and oxygen atoms in total. The van der Waals surface area contributed by atoms with Crippen molar-refractivity contribution < 1.29 is 56.3 Å². The number of halogens is 5. The lowest BCUT2D eigenvalue weighted by atomic mass is 10.0. The lowest BCUT2D eigenvalue weighted by molar-refractivity contribution is -0.158. The number of nitrogens with zero attached hydrogens (tertiary/aromatic N) is 7. The van der Waals surface area contributed by atoms with Crippen molar-refractivity contribution in [1.29, 1.82) is 0 Å². The van der Waals surface area contributed by atoms with E-state index in [-0.39, 0.29) is 102 Å². The molecular formula is C64H68Cl2F3N9O9. The predicted molar refractivity (Wildman–Crippen MR) is 320 cm³/mol. The van der Waals surface area contributed by atoms with Gasteiger partial charge in [-0.05, 0) is 133 Å². The van der Waals surface area contributed by atoms with Crippen LogP contribution in [0, 0.1) is 17.5 Å². The van der Waals surface area contributed by atoms with Gasteiger partial charge in [0.2, 0.25) is 47.3 Å². The maximum atomic E-state index is 14.0. The monoisotopic (exact) mass is 1230 g/mol. The van der Waals surface area contributed by atoms with Crippen LogP contribution in [0.2, 0.25) is 10.0 Å². The number of amides is 8. The molecule has 8 amide bonds. The number of methoxy groups -OCH3 is 1. The zero-order valence-electron chi connectivity index (χ0n) is 48.0. The Morgan fingerprint density at radius 2 is 1.09 bits per heavy atom. The zero-order valence-corrected chi connectivity index (χ0v) is 49.5. The molecule has 2 aliphatic rings. The van der Waals surface area contributed by atoms with Crippen LogP contribution in [0.25, 0.3) is 0 Å². The number of aromatic nitrogens is 1. The molecule has 5 aromatic carbocycles. The normalized spacial score (nSPS) is 15.1. The minimum atomic E-state index is -1.17. The molecule has 458 valence electrons. The third-order valence-corrected chi connectivity index (χ3v) is 15.5. The van der Waals surface area contributed by atoms with Crippen molar-refractivity contribution in [2.24, 2.45) is 11.5 Å². The molecule has 0 radical (unpaired) electrons. The molecule has 2 unspecified atom stereocenters. The molecule has 2 atom stereocenters. The molecular weight excluding hydrogens is 1170 g/mol. The van der Waals surface area contributed by atoms with Crippen LogP contribution in [0.3, 0.4) is 0 Å². The highest BCUT2D eigenvalue weighted by Gasteiger charge is 2.42. The van der Waals surface area contributed by atoms with Crippen LogP contribution in [-0.2, 0) is 76.9 Å². The maximum Gasteiger partial charge on any atom is 0.246 e. The molecule has 0 aliphatic carbocycles. The highest BCUT2D eigenvalue weighted by molar-refractivity contribution is 6.35. The molecule has 0 spiro atoms. The number of hydrogen-bond acceptors (Lipinski definition) is 10. The van der Waals surface area contributed by atoms with Gasteiger partial charge in [-0.2, -0.15) is 0 Å². The van der Waals surface area contributed by atoms with Gasteiger partial charge in [0.05, 0.1) is 46.1 Å². The van der Waals surface area contributed by atoms with E-state index in [1.54, 1.807) is 92.2 Å². The van der Waals surface area contributed by atoms with Crippen LogP contribution in [0.4, 0.5) is 13.2 Å². The summed E-state index contributed by atoms with van der Waals surface area (Å²) in [6.07, 6.45) is 3.24. The number of ether oxygens (including phenoxy) is 1. The van der Waals surface area contributed by atoms with E-state index >= 15 is 0 Å². The number of hydrogen-bond donors (Lipinski definition) is 2. The molecule has 87 heavy (non-hydrogen) atoms. The Morgan fingerprint density at radius 1 is 0.586 bits per heavy atom. The summed E-state index contributed by atoms with van der Waals surface area (Å²) in [5, 5.41) is 0.933. The quantitative estimate of drug-likeness (QED) is 0.0639. The fourth-order valence-corrected chi connectivity index (χ4v) is 10.6. The first kappa shape index (κ1) is 65.7. The minimum absolute atomic E-state index is 0.100. The molecule has 2 fully saturated rings. The average Bonchev–Trinajstić information content (AvgIpc) is 2.92. The second-order valence-corrected chi connectivity index (χ2v) is 21.8. The molecule has 3 heterocycles. The molecule has 0 saturated carbocycles. The topological polar surface area (TPSA) is 230 Å². The van der Waals surface area contributed by atoms with Crippen LogP contribution in [0.5, 0.6) is 5.75 Å². The first-order valence-corrected chi connectivity index (χ1v) is 29.0. The Balaban J connectivity index is 0.000000249. The van der Waals surface area contributed by atoms with Gasteiger partial charge in [0.15, 0.2) is 0 Å². The first-order chi connectivity index (χ1) is 41.7. The summed E-state index contributed by atoms with van der Waals surface area (Å²) in [7, 11) is 1.56. The summed E-state index contributed by atoms with van der Waals surface area (Å²) in [6.45, 7) is -0.189. The van der Waals surface area contributed by atoms with Gasteiger partial charge in [-0.25, -0.2) is 13.2 Å². The van der Waals surface area contributed by atoms with E-state index in [9.17, 15) is 51.5 Å². The zero-order chi connectivity index (χ0) is 62.6. The first-order valence-electron chi connectivity index (χ1n) is 28.2. The SMILES string of the molecule is COc1ccc(CCN(CC(N)=O)C(=O)C2CC(=O)N(CCc3ccc(F)cc3)CC(=O)N2CCc2ccc(F)cc2)cc1.NC(=O)CN(CCc1ccccn1)C(=O)CC1C(=O)N(CCc2ccc(Cl)cc2Cl)CC(=O)N1CCc1ccc(F)cc1. The van der Waals surface area contributed by atoms with Crippen LogP contribution in [-0.4, -0.2) is 166 Å². The van der Waals surface area contributed by atoms with E-state index in [2.05, 4.69) is 4.98 Å². The molecule has 1 aromatic heterocycles. The van der Waals surface area contributed by atoms with Crippen molar-refractivity contribution >= 4 is 70.5 Å². The predicted octanol–water partition coefficient (Wildman–Crippen LogP) is 6.04. The summed E-state index contributed by atoms with van der Waals surface area (Å²) in [5.41, 5.74) is 15.6. The molecule has 23 heteroatoms. The lowest BCUT2D eigenvalue weighted by Gasteiger charge is -2.40. The number of primary amides is 2. The number of piperazine rings is 1. The van der Waals surface area contributed by atoms with E-state index in [4.69, 9.17) is 39.4 Å². The summed E-state index contributed by atoms with van der Waals surface area (Å²) < 4.78 is 45.4. The number of carbonyl (C=O) groups excluding carboxylic acids is 8. The second kappa shape index (κ2) is 32.1. The van der Waals surface area contributed by atoms with Crippen molar-refractivity contribution in [3.05, 3.63) is 201 Å². The summed E-state index contributed by atoms with van der Waals surface area (Å²) in [6, 6.07) is 33.1. The molecule has 6 aromatic rings. The van der Waals surface area contributed by atoms with E-state index in [1.165, 1.54) is 65.8 Å². The third kappa shape index (κ3) is 19.9. The average molecular weight is 1240 g/mol. The standard InChI is InChI=1S/C33H36F2N4O5.C31H32Cl2FN5O4/c1-44-28-12-6-25(7-13-28)15-18-38(21-30(36)40)33(43)29-20-31(41)37(17-14-23-2-8-26(34)9-3-23)22-32(42)39(29)19-16-24-4-10-27(35)11-5-24;32-23-7-6-22(26(33)17-23)11-14-38-20-30(42)39(16-10-21-4-8-24(34)9-5-21)27(31(38)43)18-29(41)37(19-28(35)40)15-12-25-3-1-2-13-36-25/h2-13,29H,14-22H2,1H3,(H2,36,40);1-9,13,17,27H,10-12,14-16,18-20H2,(H2,35,40). The Labute approximate surface area is 512 Å². The summed E-state index contributed by atoms with van der Waals surface area (Å²) >= 11 is 12.3. The molecule has 8 rings (SSSR count). The Morgan fingerprint density at radius 3 is 1.64 bits per heavy atom. The number of pyridine rings is 1. The van der Waals surface area contributed by atoms with Gasteiger partial charge in [0.25, 0.3) is 0 Å². The Hall–Kier alpha value is -8.82. The van der Waals surface area contributed by atoms with Crippen LogP contribution >= 0.6 is 23.2 Å². The second-order valence-electron chi connectivity index (χ2n) is 21.0. The minimum Gasteiger partial charge on any atom is -0.497 e. The van der Waals surface area contributed by atoms with Crippen molar-refractivity contribution in [1.82, 2.24) is 34.4 Å². The van der Waals surface area contributed by atoms with Crippen molar-refractivity contribution in [2.45, 2.75) is 63.5 Å². The highest BCUT2D eigenvalue weighted by Crippen LogP contribution is 2.25. The van der Waals surface area contributed by atoms with E-state index in [0.29, 0.717) is 54.3 Å². The largest absolute Gasteiger partial charge is 0.497 e. The van der Waals surface area contributed by atoms with Gasteiger partial charge in [-0.15, -0.1) is 0 Å².